The van der Waals surface area contributed by atoms with Crippen LogP contribution in [0.5, 0.6) is 0 Å². The van der Waals surface area contributed by atoms with Crippen LogP contribution in [0.4, 0.5) is 10.1 Å². The van der Waals surface area contributed by atoms with Gasteiger partial charge in [-0.3, -0.25) is 4.72 Å². The molecule has 0 aliphatic rings. The number of halogens is 2. The highest BCUT2D eigenvalue weighted by molar-refractivity contribution is 7.92. The van der Waals surface area contributed by atoms with E-state index in [1.165, 1.54) is 24.3 Å². The van der Waals surface area contributed by atoms with Crippen LogP contribution in [0.3, 0.4) is 0 Å². The van der Waals surface area contributed by atoms with Gasteiger partial charge in [0.25, 0.3) is 10.0 Å². The lowest BCUT2D eigenvalue weighted by Gasteiger charge is -2.10. The molecule has 2 rings (SSSR count). The average molecular weight is 300 g/mol. The maximum absolute atomic E-state index is 13.6. The van der Waals surface area contributed by atoms with Gasteiger partial charge in [0.05, 0.1) is 10.7 Å². The van der Waals surface area contributed by atoms with Crippen LogP contribution in [-0.4, -0.2) is 8.42 Å². The van der Waals surface area contributed by atoms with Gasteiger partial charge in [0.15, 0.2) is 0 Å². The van der Waals surface area contributed by atoms with Crippen molar-refractivity contribution in [1.29, 1.82) is 0 Å². The summed E-state index contributed by atoms with van der Waals surface area (Å²) in [4.78, 5) is -0.0856. The lowest BCUT2D eigenvalue weighted by molar-refractivity contribution is 0.598. The van der Waals surface area contributed by atoms with Crippen molar-refractivity contribution in [3.05, 3.63) is 58.9 Å². The third-order valence-corrected chi connectivity index (χ3v) is 4.36. The van der Waals surface area contributed by atoms with Gasteiger partial charge in [0, 0.05) is 0 Å². The molecule has 0 spiro atoms. The van der Waals surface area contributed by atoms with Crippen LogP contribution in [0.25, 0.3) is 0 Å². The summed E-state index contributed by atoms with van der Waals surface area (Å²) in [5, 5.41) is 0.0862. The molecule has 0 heterocycles. The molecule has 19 heavy (non-hydrogen) atoms. The lowest BCUT2D eigenvalue weighted by Crippen LogP contribution is -2.14. The van der Waals surface area contributed by atoms with Crippen molar-refractivity contribution in [2.45, 2.75) is 11.8 Å². The SMILES string of the molecule is Cc1ccc(F)c(NS(=O)(=O)c2ccccc2Cl)c1. The molecule has 1 N–H and O–H groups in total. The molecule has 0 aliphatic heterocycles. The predicted molar refractivity (Wildman–Crippen MR) is 73.4 cm³/mol. The molecular weight excluding hydrogens is 289 g/mol. The molecule has 6 heteroatoms. The maximum atomic E-state index is 13.6. The fourth-order valence-electron chi connectivity index (χ4n) is 1.58. The van der Waals surface area contributed by atoms with Crippen molar-refractivity contribution < 1.29 is 12.8 Å². The van der Waals surface area contributed by atoms with Gasteiger partial charge in [-0.15, -0.1) is 0 Å². The first-order valence-corrected chi connectivity index (χ1v) is 7.30. The van der Waals surface area contributed by atoms with Gasteiger partial charge in [-0.1, -0.05) is 29.8 Å². The van der Waals surface area contributed by atoms with Crippen LogP contribution in [-0.2, 0) is 10.0 Å². The molecule has 100 valence electrons. The molecule has 0 aliphatic carbocycles. The van der Waals surface area contributed by atoms with Crippen LogP contribution in [0, 0.1) is 12.7 Å². The summed E-state index contributed by atoms with van der Waals surface area (Å²) >= 11 is 5.83. The minimum absolute atomic E-state index is 0.0856. The molecule has 0 saturated heterocycles. The lowest BCUT2D eigenvalue weighted by atomic mass is 10.2. The molecule has 0 saturated carbocycles. The molecule has 0 atom stereocenters. The van der Waals surface area contributed by atoms with E-state index in [-0.39, 0.29) is 15.6 Å². The Kier molecular flexibility index (Phi) is 3.78. The summed E-state index contributed by atoms with van der Waals surface area (Å²) in [5.74, 6) is -0.638. The van der Waals surface area contributed by atoms with Crippen molar-refractivity contribution in [3.8, 4) is 0 Å². The van der Waals surface area contributed by atoms with Gasteiger partial charge >= 0.3 is 0 Å². The van der Waals surface area contributed by atoms with Gasteiger partial charge in [-0.25, -0.2) is 12.8 Å². The highest BCUT2D eigenvalue weighted by atomic mass is 35.5. The molecule has 2 aromatic rings. The first kappa shape index (κ1) is 13.8. The Morgan fingerprint density at radius 3 is 2.53 bits per heavy atom. The van der Waals surface area contributed by atoms with E-state index in [1.54, 1.807) is 25.1 Å². The number of benzene rings is 2. The number of hydrogen-bond acceptors (Lipinski definition) is 2. The number of rotatable bonds is 3. The van der Waals surface area contributed by atoms with Crippen molar-refractivity contribution in [1.82, 2.24) is 0 Å². The monoisotopic (exact) mass is 299 g/mol. The number of aryl methyl sites for hydroxylation is 1. The van der Waals surface area contributed by atoms with E-state index in [1.807, 2.05) is 0 Å². The van der Waals surface area contributed by atoms with Gasteiger partial charge < -0.3 is 0 Å². The highest BCUT2D eigenvalue weighted by Gasteiger charge is 2.19. The summed E-state index contributed by atoms with van der Waals surface area (Å²) in [7, 11) is -3.91. The van der Waals surface area contributed by atoms with E-state index in [2.05, 4.69) is 4.72 Å². The molecule has 0 radical (unpaired) electrons. The third kappa shape index (κ3) is 3.05. The van der Waals surface area contributed by atoms with Gasteiger partial charge in [-0.2, -0.15) is 0 Å². The number of hydrogen-bond donors (Lipinski definition) is 1. The standard InChI is InChI=1S/C13H11ClFNO2S/c1-9-6-7-11(15)12(8-9)16-19(17,18)13-5-3-2-4-10(13)14/h2-8,16H,1H3. The molecule has 0 unspecified atom stereocenters. The second-order valence-electron chi connectivity index (χ2n) is 4.02. The largest absolute Gasteiger partial charge is 0.277 e. The van der Waals surface area contributed by atoms with E-state index in [0.29, 0.717) is 0 Å². The Balaban J connectivity index is 2.43. The maximum Gasteiger partial charge on any atom is 0.263 e. The number of anilines is 1. The van der Waals surface area contributed by atoms with Gasteiger partial charge in [0.1, 0.15) is 10.7 Å². The minimum atomic E-state index is -3.91. The zero-order valence-electron chi connectivity index (χ0n) is 10.0. The van der Waals surface area contributed by atoms with Crippen LogP contribution in [0.2, 0.25) is 5.02 Å². The molecule has 0 aromatic heterocycles. The van der Waals surface area contributed by atoms with Crippen molar-refractivity contribution in [3.63, 3.8) is 0 Å². The van der Waals surface area contributed by atoms with Crippen molar-refractivity contribution >= 4 is 27.3 Å². The Morgan fingerprint density at radius 2 is 1.84 bits per heavy atom. The van der Waals surface area contributed by atoms with Crippen LogP contribution in [0.15, 0.2) is 47.4 Å². The summed E-state index contributed by atoms with van der Waals surface area (Å²) in [6.07, 6.45) is 0. The average Bonchev–Trinajstić information content (AvgIpc) is 2.34. The second kappa shape index (κ2) is 5.19. The Hall–Kier alpha value is -1.59. The normalized spacial score (nSPS) is 11.3. The topological polar surface area (TPSA) is 46.2 Å². The van der Waals surface area contributed by atoms with Crippen LogP contribution >= 0.6 is 11.6 Å². The van der Waals surface area contributed by atoms with E-state index >= 15 is 0 Å². The smallest absolute Gasteiger partial charge is 0.263 e. The van der Waals surface area contributed by atoms with E-state index in [9.17, 15) is 12.8 Å². The fourth-order valence-corrected chi connectivity index (χ4v) is 3.16. The third-order valence-electron chi connectivity index (χ3n) is 2.49. The van der Waals surface area contributed by atoms with Crippen molar-refractivity contribution in [2.75, 3.05) is 4.72 Å². The van der Waals surface area contributed by atoms with E-state index < -0.39 is 15.8 Å². The van der Waals surface area contributed by atoms with Crippen LogP contribution in [0.1, 0.15) is 5.56 Å². The molecule has 2 aromatic carbocycles. The van der Waals surface area contributed by atoms with Crippen LogP contribution < -0.4 is 4.72 Å². The predicted octanol–water partition coefficient (Wildman–Crippen LogP) is 3.59. The zero-order valence-corrected chi connectivity index (χ0v) is 11.6. The molecule has 0 amide bonds. The molecule has 0 bridgehead atoms. The molecule has 0 fully saturated rings. The summed E-state index contributed by atoms with van der Waals surface area (Å²) in [6.45, 7) is 1.74. The fraction of sp³-hybridized carbons (Fsp3) is 0.0769. The zero-order chi connectivity index (χ0) is 14.0. The Labute approximate surface area is 116 Å². The summed E-state index contributed by atoms with van der Waals surface area (Å²) in [6, 6.07) is 10.2. The van der Waals surface area contributed by atoms with Crippen molar-refractivity contribution in [2.24, 2.45) is 0 Å². The quantitative estimate of drug-likeness (QED) is 0.941. The second-order valence-corrected chi connectivity index (χ2v) is 6.08. The first-order valence-electron chi connectivity index (χ1n) is 5.43. The summed E-state index contributed by atoms with van der Waals surface area (Å²) < 4.78 is 40.0. The highest BCUT2D eigenvalue weighted by Crippen LogP contribution is 2.24. The Morgan fingerprint density at radius 1 is 1.16 bits per heavy atom. The summed E-state index contributed by atoms with van der Waals surface area (Å²) in [5.41, 5.74) is 0.651. The van der Waals surface area contributed by atoms with E-state index in [0.717, 1.165) is 5.56 Å². The first-order chi connectivity index (χ1) is 8.90. The number of nitrogens with one attached hydrogen (secondary N) is 1. The van der Waals surface area contributed by atoms with E-state index in [4.69, 9.17) is 11.6 Å². The minimum Gasteiger partial charge on any atom is -0.277 e. The Bertz CT molecular complexity index is 716. The molecular formula is C13H11ClFNO2S. The van der Waals surface area contributed by atoms with Gasteiger partial charge in [0.2, 0.25) is 0 Å². The molecule has 3 nitrogen and oxygen atoms in total. The number of sulfonamides is 1. The van der Waals surface area contributed by atoms with Gasteiger partial charge in [-0.05, 0) is 36.8 Å².